The van der Waals surface area contributed by atoms with Crippen LogP contribution in [-0.4, -0.2) is 34.8 Å². The molecule has 0 spiro atoms. The second-order valence-electron chi connectivity index (χ2n) is 7.52. The van der Waals surface area contributed by atoms with E-state index in [-0.39, 0.29) is 11.8 Å². The minimum absolute atomic E-state index is 0.0142. The lowest BCUT2D eigenvalue weighted by molar-refractivity contribution is 0.0725. The van der Waals surface area contributed by atoms with Gasteiger partial charge in [-0.2, -0.15) is 0 Å². The van der Waals surface area contributed by atoms with Crippen molar-refractivity contribution in [2.45, 2.75) is 36.8 Å². The van der Waals surface area contributed by atoms with E-state index < -0.39 is 0 Å². The number of carbonyl (C=O) groups is 2. The summed E-state index contributed by atoms with van der Waals surface area (Å²) in [6.45, 7) is 3.56. The number of thiazole rings is 1. The normalized spacial score (nSPS) is 13.8. The molecule has 5 nitrogen and oxygen atoms in total. The number of piperidine rings is 1. The Morgan fingerprint density at radius 2 is 1.81 bits per heavy atom. The summed E-state index contributed by atoms with van der Waals surface area (Å²) in [7, 11) is 0. The predicted molar refractivity (Wildman–Crippen MR) is 127 cm³/mol. The molecule has 0 unspecified atom stereocenters. The van der Waals surface area contributed by atoms with E-state index in [4.69, 9.17) is 0 Å². The predicted octanol–water partition coefficient (Wildman–Crippen LogP) is 5.62. The molecule has 1 fully saturated rings. The number of aromatic nitrogens is 1. The summed E-state index contributed by atoms with van der Waals surface area (Å²) < 4.78 is 0. The van der Waals surface area contributed by atoms with Gasteiger partial charge in [0, 0.05) is 34.7 Å². The largest absolute Gasteiger partial charge is 0.339 e. The van der Waals surface area contributed by atoms with Crippen LogP contribution in [0.15, 0.2) is 58.8 Å². The maximum absolute atomic E-state index is 12.9. The highest BCUT2D eigenvalue weighted by Crippen LogP contribution is 2.25. The van der Waals surface area contributed by atoms with Gasteiger partial charge in [-0.25, -0.2) is 4.98 Å². The third kappa shape index (κ3) is 5.54. The summed E-state index contributed by atoms with van der Waals surface area (Å²) in [6, 6.07) is 14.8. The zero-order valence-corrected chi connectivity index (χ0v) is 19.1. The molecule has 1 N–H and O–H groups in total. The van der Waals surface area contributed by atoms with Crippen molar-refractivity contribution >= 4 is 40.6 Å². The van der Waals surface area contributed by atoms with Crippen LogP contribution in [0, 0.1) is 6.92 Å². The van der Waals surface area contributed by atoms with Crippen LogP contribution in [-0.2, 0) is 5.75 Å². The van der Waals surface area contributed by atoms with Crippen molar-refractivity contribution in [1.82, 2.24) is 9.88 Å². The van der Waals surface area contributed by atoms with E-state index >= 15 is 0 Å². The van der Waals surface area contributed by atoms with Crippen LogP contribution in [0.3, 0.4) is 0 Å². The molecule has 0 bridgehead atoms. The summed E-state index contributed by atoms with van der Waals surface area (Å²) in [6.07, 6.45) is 3.24. The summed E-state index contributed by atoms with van der Waals surface area (Å²) in [5, 5.41) is 6.07. The van der Waals surface area contributed by atoms with E-state index in [1.54, 1.807) is 35.2 Å². The van der Waals surface area contributed by atoms with Crippen molar-refractivity contribution in [1.29, 1.82) is 0 Å². The molecule has 2 heterocycles. The van der Waals surface area contributed by atoms with Crippen molar-refractivity contribution < 1.29 is 9.59 Å². The number of hydrogen-bond donors (Lipinski definition) is 1. The number of hydrogen-bond acceptors (Lipinski definition) is 5. The zero-order valence-electron chi connectivity index (χ0n) is 17.5. The molecule has 1 aliphatic rings. The lowest BCUT2D eigenvalue weighted by atomic mass is 10.1. The molecule has 2 aromatic carbocycles. The van der Waals surface area contributed by atoms with Gasteiger partial charge in [-0.1, -0.05) is 12.1 Å². The summed E-state index contributed by atoms with van der Waals surface area (Å²) in [5.74, 6) is 0.576. The summed E-state index contributed by atoms with van der Waals surface area (Å²) in [4.78, 5) is 33.2. The van der Waals surface area contributed by atoms with Gasteiger partial charge in [0.15, 0.2) is 0 Å². The number of rotatable bonds is 6. The van der Waals surface area contributed by atoms with Gasteiger partial charge in [0.2, 0.25) is 0 Å². The van der Waals surface area contributed by atoms with E-state index in [0.717, 1.165) is 47.3 Å². The van der Waals surface area contributed by atoms with Gasteiger partial charge in [0.25, 0.3) is 11.8 Å². The fraction of sp³-hybridized carbons (Fsp3) is 0.292. The van der Waals surface area contributed by atoms with Crippen LogP contribution in [0.25, 0.3) is 0 Å². The molecule has 3 aromatic rings. The van der Waals surface area contributed by atoms with Crippen LogP contribution in [0.2, 0.25) is 0 Å². The molecule has 0 aliphatic carbocycles. The fourth-order valence-electron chi connectivity index (χ4n) is 3.57. The molecule has 0 atom stereocenters. The summed E-state index contributed by atoms with van der Waals surface area (Å²) >= 11 is 3.35. The number of carbonyl (C=O) groups excluding carboxylic acids is 2. The molecule has 1 aliphatic heterocycles. The highest BCUT2D eigenvalue weighted by Gasteiger charge is 2.21. The Hall–Kier alpha value is -2.64. The van der Waals surface area contributed by atoms with E-state index in [9.17, 15) is 9.59 Å². The Labute approximate surface area is 190 Å². The Morgan fingerprint density at radius 3 is 2.52 bits per heavy atom. The molecule has 2 amide bonds. The van der Waals surface area contributed by atoms with Crippen LogP contribution >= 0.6 is 23.1 Å². The molecule has 4 rings (SSSR count). The monoisotopic (exact) mass is 451 g/mol. The lowest BCUT2D eigenvalue weighted by Gasteiger charge is -2.27. The third-order valence-corrected chi connectivity index (χ3v) is 7.09. The summed E-state index contributed by atoms with van der Waals surface area (Å²) in [5.41, 5.74) is 2.74. The number of benzene rings is 2. The molecule has 0 radical (unpaired) electrons. The number of aryl methyl sites for hydroxylation is 1. The van der Waals surface area contributed by atoms with Gasteiger partial charge >= 0.3 is 0 Å². The van der Waals surface area contributed by atoms with E-state index in [1.807, 2.05) is 48.2 Å². The molecule has 1 saturated heterocycles. The fourth-order valence-corrected chi connectivity index (χ4v) is 5.08. The number of thioether (sulfide) groups is 1. The quantitative estimate of drug-likeness (QED) is 0.494. The molecule has 31 heavy (non-hydrogen) atoms. The van der Waals surface area contributed by atoms with E-state index in [0.29, 0.717) is 16.8 Å². The first-order valence-electron chi connectivity index (χ1n) is 10.4. The third-order valence-electron chi connectivity index (χ3n) is 5.22. The van der Waals surface area contributed by atoms with Gasteiger partial charge in [0.05, 0.1) is 22.0 Å². The van der Waals surface area contributed by atoms with Crippen molar-refractivity contribution in [3.63, 3.8) is 0 Å². The molecule has 7 heteroatoms. The zero-order chi connectivity index (χ0) is 21.6. The van der Waals surface area contributed by atoms with Crippen molar-refractivity contribution in [3.8, 4) is 0 Å². The molecular formula is C24H25N3O2S2. The van der Waals surface area contributed by atoms with Crippen molar-refractivity contribution in [3.05, 3.63) is 75.7 Å². The second kappa shape index (κ2) is 10.1. The first kappa shape index (κ1) is 21.6. The van der Waals surface area contributed by atoms with Gasteiger partial charge < -0.3 is 10.2 Å². The Balaban J connectivity index is 1.40. The lowest BCUT2D eigenvalue weighted by Crippen LogP contribution is -2.36. The van der Waals surface area contributed by atoms with E-state index in [2.05, 4.69) is 15.7 Å². The maximum Gasteiger partial charge on any atom is 0.255 e. The SMILES string of the molecule is Cc1nc(CSc2ccc(C(=O)Nc3ccccc3C(=O)N3CCCCC3)cc2)cs1. The molecule has 160 valence electrons. The number of nitrogens with zero attached hydrogens (tertiary/aromatic N) is 2. The van der Waals surface area contributed by atoms with Crippen LogP contribution in [0.4, 0.5) is 5.69 Å². The molecule has 0 saturated carbocycles. The van der Waals surface area contributed by atoms with E-state index in [1.165, 1.54) is 6.42 Å². The Bertz CT molecular complexity index is 1060. The Morgan fingerprint density at radius 1 is 1.06 bits per heavy atom. The van der Waals surface area contributed by atoms with Crippen molar-refractivity contribution in [2.75, 3.05) is 18.4 Å². The topological polar surface area (TPSA) is 62.3 Å². The first-order valence-corrected chi connectivity index (χ1v) is 12.3. The minimum Gasteiger partial charge on any atom is -0.339 e. The minimum atomic E-state index is -0.217. The van der Waals surface area contributed by atoms with Crippen LogP contribution in [0.5, 0.6) is 0 Å². The number of nitrogens with one attached hydrogen (secondary N) is 1. The van der Waals surface area contributed by atoms with Gasteiger partial charge in [0.1, 0.15) is 0 Å². The smallest absolute Gasteiger partial charge is 0.255 e. The van der Waals surface area contributed by atoms with Gasteiger partial charge in [-0.05, 0) is 62.6 Å². The standard InChI is InChI=1S/C24H25N3O2S2/c1-17-25-19(15-30-17)16-31-20-11-9-18(10-12-20)23(28)26-22-8-4-3-7-21(22)24(29)27-13-5-2-6-14-27/h3-4,7-12,15H,2,5-6,13-14,16H2,1H3,(H,26,28). The van der Waals surface area contributed by atoms with Gasteiger partial charge in [-0.15, -0.1) is 23.1 Å². The maximum atomic E-state index is 12.9. The number of likely N-dealkylation sites (tertiary alicyclic amines) is 1. The molecular weight excluding hydrogens is 426 g/mol. The highest BCUT2D eigenvalue weighted by atomic mass is 32.2. The average molecular weight is 452 g/mol. The Kier molecular flexibility index (Phi) is 7.04. The number of para-hydroxylation sites is 1. The second-order valence-corrected chi connectivity index (χ2v) is 9.63. The van der Waals surface area contributed by atoms with Crippen LogP contribution in [0.1, 0.15) is 50.7 Å². The van der Waals surface area contributed by atoms with Crippen molar-refractivity contribution in [2.24, 2.45) is 0 Å². The average Bonchev–Trinajstić information content (AvgIpc) is 3.23. The number of amides is 2. The van der Waals surface area contributed by atoms with Gasteiger partial charge in [-0.3, -0.25) is 9.59 Å². The van der Waals surface area contributed by atoms with Crippen LogP contribution < -0.4 is 5.32 Å². The first-order chi connectivity index (χ1) is 15.1. The molecule has 1 aromatic heterocycles. The number of anilines is 1. The highest BCUT2D eigenvalue weighted by molar-refractivity contribution is 7.98.